The molecule has 2 aliphatic heterocycles. The van der Waals surface area contributed by atoms with Gasteiger partial charge in [-0.1, -0.05) is 13.8 Å². The van der Waals surface area contributed by atoms with Crippen LogP contribution in [0.25, 0.3) is 27.8 Å². The number of aryl methyl sites for hydroxylation is 1. The molecule has 0 radical (unpaired) electrons. The van der Waals surface area contributed by atoms with Crippen LogP contribution in [-0.4, -0.2) is 50.9 Å². The van der Waals surface area contributed by atoms with Crippen LogP contribution in [-0.2, 0) is 4.74 Å². The van der Waals surface area contributed by atoms with Crippen molar-refractivity contribution in [3.8, 4) is 11.3 Å². The zero-order valence-electron chi connectivity index (χ0n) is 21.4. The number of ether oxygens (including phenoxy) is 1. The molecular weight excluding hydrogens is 455 g/mol. The van der Waals surface area contributed by atoms with Gasteiger partial charge in [-0.25, -0.2) is 18.9 Å². The van der Waals surface area contributed by atoms with Gasteiger partial charge in [0.1, 0.15) is 6.33 Å². The zero-order chi connectivity index (χ0) is 24.8. The van der Waals surface area contributed by atoms with Gasteiger partial charge in [-0.05, 0) is 74.0 Å². The van der Waals surface area contributed by atoms with E-state index in [0.29, 0.717) is 11.2 Å². The van der Waals surface area contributed by atoms with Crippen LogP contribution in [0.5, 0.6) is 0 Å². The Morgan fingerprint density at radius 2 is 1.86 bits per heavy atom. The SMILES string of the molecule is Cc1cc(-c2[nH]c3cnc(N4CCC(CC5CCOCC5)CC4)c(F)c3c2C(C)C)cn2ncnc12. The molecule has 0 amide bonds. The number of aromatic amines is 1. The number of hydrogen-bond acceptors (Lipinski definition) is 5. The van der Waals surface area contributed by atoms with Gasteiger partial charge in [0, 0.05) is 43.4 Å². The number of piperidine rings is 1. The summed E-state index contributed by atoms with van der Waals surface area (Å²) >= 11 is 0. The van der Waals surface area contributed by atoms with Gasteiger partial charge in [-0.15, -0.1) is 0 Å². The van der Waals surface area contributed by atoms with E-state index in [1.165, 1.54) is 19.3 Å². The predicted octanol–water partition coefficient (Wildman–Crippen LogP) is 5.88. The lowest BCUT2D eigenvalue weighted by atomic mass is 9.84. The number of halogens is 1. The maximum Gasteiger partial charge on any atom is 0.175 e. The second-order valence-corrected chi connectivity index (χ2v) is 10.9. The molecule has 0 unspecified atom stereocenters. The number of pyridine rings is 2. The summed E-state index contributed by atoms with van der Waals surface area (Å²) in [5.74, 6) is 1.92. The summed E-state index contributed by atoms with van der Waals surface area (Å²) in [5.41, 5.74) is 5.48. The lowest BCUT2D eigenvalue weighted by molar-refractivity contribution is 0.0571. The minimum absolute atomic E-state index is 0.135. The number of anilines is 1. The quantitative estimate of drug-likeness (QED) is 0.378. The van der Waals surface area contributed by atoms with Crippen molar-refractivity contribution in [3.63, 3.8) is 0 Å². The van der Waals surface area contributed by atoms with Gasteiger partial charge in [0.2, 0.25) is 0 Å². The maximum absolute atomic E-state index is 16.2. The van der Waals surface area contributed by atoms with Crippen LogP contribution in [0.4, 0.5) is 10.2 Å². The molecular formula is C28H35FN6O. The Morgan fingerprint density at radius 1 is 1.11 bits per heavy atom. The van der Waals surface area contributed by atoms with E-state index in [4.69, 9.17) is 4.74 Å². The lowest BCUT2D eigenvalue weighted by Gasteiger charge is -2.35. The van der Waals surface area contributed by atoms with E-state index < -0.39 is 0 Å². The van der Waals surface area contributed by atoms with Crippen molar-refractivity contribution in [2.24, 2.45) is 11.8 Å². The number of nitrogens with zero attached hydrogens (tertiary/aromatic N) is 5. The van der Waals surface area contributed by atoms with Gasteiger partial charge < -0.3 is 14.6 Å². The van der Waals surface area contributed by atoms with Crippen molar-refractivity contribution in [1.29, 1.82) is 0 Å². The van der Waals surface area contributed by atoms with Gasteiger partial charge in [0.25, 0.3) is 0 Å². The topological polar surface area (TPSA) is 71.3 Å². The summed E-state index contributed by atoms with van der Waals surface area (Å²) in [6.45, 7) is 9.79. The summed E-state index contributed by atoms with van der Waals surface area (Å²) in [5, 5.41) is 4.98. The largest absolute Gasteiger partial charge is 0.381 e. The highest BCUT2D eigenvalue weighted by Crippen LogP contribution is 2.40. The van der Waals surface area contributed by atoms with Gasteiger partial charge in [-0.2, -0.15) is 5.10 Å². The number of hydrogen-bond donors (Lipinski definition) is 1. The summed E-state index contributed by atoms with van der Waals surface area (Å²) in [6.07, 6.45) is 11.2. The van der Waals surface area contributed by atoms with Crippen molar-refractivity contribution in [2.45, 2.75) is 58.8 Å². The number of fused-ring (bicyclic) bond motifs is 2. The molecule has 2 aliphatic rings. The van der Waals surface area contributed by atoms with Crippen molar-refractivity contribution in [3.05, 3.63) is 41.7 Å². The smallest absolute Gasteiger partial charge is 0.175 e. The average Bonchev–Trinajstić information content (AvgIpc) is 3.51. The molecule has 2 fully saturated rings. The Morgan fingerprint density at radius 3 is 2.61 bits per heavy atom. The molecule has 0 bridgehead atoms. The fourth-order valence-electron chi connectivity index (χ4n) is 6.25. The standard InChI is InChI=1S/C28H35FN6O/c1-17(2)23-24-22(33-26(23)21-12-18(3)27-31-16-32-35(27)15-21)14-30-28(25(24)29)34-8-4-19(5-9-34)13-20-6-10-36-11-7-20/h12,14-17,19-20,33H,4-11,13H2,1-3H3. The third-order valence-electron chi connectivity index (χ3n) is 8.15. The van der Waals surface area contributed by atoms with E-state index in [-0.39, 0.29) is 11.7 Å². The van der Waals surface area contributed by atoms with E-state index in [9.17, 15) is 0 Å². The van der Waals surface area contributed by atoms with E-state index in [0.717, 1.165) is 84.5 Å². The first-order chi connectivity index (χ1) is 17.5. The first-order valence-electron chi connectivity index (χ1n) is 13.3. The third kappa shape index (κ3) is 4.15. The molecule has 4 aromatic heterocycles. The molecule has 0 saturated carbocycles. The molecule has 4 aromatic rings. The van der Waals surface area contributed by atoms with Crippen molar-refractivity contribution in [1.82, 2.24) is 24.6 Å². The monoisotopic (exact) mass is 490 g/mol. The second-order valence-electron chi connectivity index (χ2n) is 10.9. The van der Waals surface area contributed by atoms with Gasteiger partial charge >= 0.3 is 0 Å². The highest BCUT2D eigenvalue weighted by Gasteiger charge is 2.28. The minimum atomic E-state index is -0.208. The van der Waals surface area contributed by atoms with Crippen LogP contribution in [0.1, 0.15) is 63.0 Å². The van der Waals surface area contributed by atoms with E-state index in [1.54, 1.807) is 17.0 Å². The predicted molar refractivity (Wildman–Crippen MR) is 140 cm³/mol. The van der Waals surface area contributed by atoms with Crippen LogP contribution in [0, 0.1) is 24.6 Å². The Bertz CT molecular complexity index is 1380. The van der Waals surface area contributed by atoms with E-state index in [2.05, 4.69) is 44.9 Å². The van der Waals surface area contributed by atoms with Crippen molar-refractivity contribution < 1.29 is 9.13 Å². The van der Waals surface area contributed by atoms with Crippen LogP contribution < -0.4 is 4.90 Å². The molecule has 190 valence electrons. The average molecular weight is 491 g/mol. The Labute approximate surface area is 211 Å². The Hall–Kier alpha value is -3.00. The van der Waals surface area contributed by atoms with E-state index in [1.807, 2.05) is 13.1 Å². The normalized spacial score (nSPS) is 18.2. The molecule has 36 heavy (non-hydrogen) atoms. The second kappa shape index (κ2) is 9.47. The summed E-state index contributed by atoms with van der Waals surface area (Å²) in [7, 11) is 0. The molecule has 7 nitrogen and oxygen atoms in total. The molecule has 0 spiro atoms. The van der Waals surface area contributed by atoms with E-state index >= 15 is 4.39 Å². The highest BCUT2D eigenvalue weighted by molar-refractivity contribution is 5.93. The summed E-state index contributed by atoms with van der Waals surface area (Å²) in [6, 6.07) is 2.09. The molecule has 0 aromatic carbocycles. The first kappa shape index (κ1) is 23.4. The van der Waals surface area contributed by atoms with Gasteiger partial charge in [0.05, 0.1) is 17.4 Å². The van der Waals surface area contributed by atoms with Gasteiger partial charge in [-0.3, -0.25) is 0 Å². The molecule has 6 heterocycles. The Kier molecular flexibility index (Phi) is 6.15. The zero-order valence-corrected chi connectivity index (χ0v) is 21.4. The molecule has 1 N–H and O–H groups in total. The Balaban J connectivity index is 1.31. The van der Waals surface area contributed by atoms with Crippen molar-refractivity contribution in [2.75, 3.05) is 31.2 Å². The highest BCUT2D eigenvalue weighted by atomic mass is 19.1. The van der Waals surface area contributed by atoms with Crippen LogP contribution >= 0.6 is 0 Å². The maximum atomic E-state index is 16.2. The summed E-state index contributed by atoms with van der Waals surface area (Å²) < 4.78 is 23.5. The van der Waals surface area contributed by atoms with Crippen LogP contribution in [0.2, 0.25) is 0 Å². The first-order valence-corrected chi connectivity index (χ1v) is 13.3. The number of nitrogens with one attached hydrogen (secondary N) is 1. The fourth-order valence-corrected chi connectivity index (χ4v) is 6.25. The number of aromatic nitrogens is 5. The lowest BCUT2D eigenvalue weighted by Crippen LogP contribution is -2.35. The minimum Gasteiger partial charge on any atom is -0.381 e. The number of H-pyrrole nitrogens is 1. The molecule has 2 saturated heterocycles. The molecule has 8 heteroatoms. The molecule has 0 atom stereocenters. The number of rotatable bonds is 5. The molecule has 6 rings (SSSR count). The third-order valence-corrected chi connectivity index (χ3v) is 8.15. The van der Waals surface area contributed by atoms with Crippen LogP contribution in [0.15, 0.2) is 24.8 Å². The van der Waals surface area contributed by atoms with Gasteiger partial charge in [0.15, 0.2) is 17.3 Å². The molecule has 0 aliphatic carbocycles. The van der Waals surface area contributed by atoms with Crippen LogP contribution in [0.3, 0.4) is 0 Å². The fraction of sp³-hybridized carbons (Fsp3) is 0.536. The summed E-state index contributed by atoms with van der Waals surface area (Å²) in [4.78, 5) is 14.6. The van der Waals surface area contributed by atoms with Crippen molar-refractivity contribution >= 4 is 22.4 Å².